The van der Waals surface area contributed by atoms with Crippen LogP contribution in [0.25, 0.3) is 11.1 Å². The molecule has 8 heteroatoms. The minimum absolute atomic E-state index is 0.337. The van der Waals surface area contributed by atoms with Gasteiger partial charge in [-0.1, -0.05) is 36.2 Å². The number of hydrogen-bond acceptors (Lipinski definition) is 7. The summed E-state index contributed by atoms with van der Waals surface area (Å²) in [4.78, 5) is 5.70. The van der Waals surface area contributed by atoms with Gasteiger partial charge in [0.2, 0.25) is 0 Å². The topological polar surface area (TPSA) is 72.8 Å². The predicted molar refractivity (Wildman–Crippen MR) is 166 cm³/mol. The van der Waals surface area contributed by atoms with E-state index in [1.54, 1.807) is 6.92 Å². The lowest BCUT2D eigenvalue weighted by atomic mass is 9.96. The molecule has 0 spiro atoms. The summed E-state index contributed by atoms with van der Waals surface area (Å²) in [5.41, 5.74) is 4.03. The molecule has 0 radical (unpaired) electrons. The third kappa shape index (κ3) is 8.93. The van der Waals surface area contributed by atoms with Gasteiger partial charge in [-0.3, -0.25) is 4.98 Å². The van der Waals surface area contributed by atoms with E-state index in [-0.39, 0.29) is 5.60 Å². The van der Waals surface area contributed by atoms with E-state index in [1.807, 2.05) is 36.3 Å². The molecule has 2 fully saturated rings. The smallest absolute Gasteiger partial charge is 0.151 e. The van der Waals surface area contributed by atoms with Gasteiger partial charge in [0.1, 0.15) is 5.75 Å². The SMILES string of the molecule is CC(O)OCCNCCCCCSc1ccc(Cl)c(COC2(c3cnccc3-c3ccccc3OC3CC3)CC2)c1. The molecule has 0 bridgehead atoms. The van der Waals surface area contributed by atoms with Crippen LogP contribution in [0.4, 0.5) is 0 Å². The molecule has 41 heavy (non-hydrogen) atoms. The predicted octanol–water partition coefficient (Wildman–Crippen LogP) is 7.36. The van der Waals surface area contributed by atoms with Crippen molar-refractivity contribution >= 4 is 23.4 Å². The first-order valence-electron chi connectivity index (χ1n) is 14.8. The van der Waals surface area contributed by atoms with Crippen molar-refractivity contribution in [1.29, 1.82) is 0 Å². The van der Waals surface area contributed by atoms with Gasteiger partial charge in [0.25, 0.3) is 0 Å². The Bertz CT molecular complexity index is 1270. The van der Waals surface area contributed by atoms with Crippen molar-refractivity contribution in [3.8, 4) is 16.9 Å². The van der Waals surface area contributed by atoms with Crippen molar-refractivity contribution in [2.75, 3.05) is 25.4 Å². The van der Waals surface area contributed by atoms with Gasteiger partial charge in [0.15, 0.2) is 6.29 Å². The fourth-order valence-corrected chi connectivity index (χ4v) is 6.01. The number of aliphatic hydroxyl groups excluding tert-OH is 1. The molecule has 2 saturated carbocycles. The number of thioether (sulfide) groups is 1. The van der Waals surface area contributed by atoms with Gasteiger partial charge in [-0.2, -0.15) is 0 Å². The van der Waals surface area contributed by atoms with Crippen LogP contribution in [0.5, 0.6) is 5.75 Å². The molecular weight excluding hydrogens is 556 g/mol. The molecule has 6 nitrogen and oxygen atoms in total. The van der Waals surface area contributed by atoms with Gasteiger partial charge in [-0.05, 0) is 99.2 Å². The number of ether oxygens (including phenoxy) is 3. The number of unbranched alkanes of at least 4 members (excludes halogenated alkanes) is 2. The Hall–Kier alpha value is -2.13. The van der Waals surface area contributed by atoms with Gasteiger partial charge >= 0.3 is 0 Å². The van der Waals surface area contributed by atoms with Crippen molar-refractivity contribution in [2.24, 2.45) is 0 Å². The lowest BCUT2D eigenvalue weighted by Crippen LogP contribution is -2.22. The first-order chi connectivity index (χ1) is 20.0. The Morgan fingerprint density at radius 3 is 2.73 bits per heavy atom. The summed E-state index contributed by atoms with van der Waals surface area (Å²) in [6, 6.07) is 16.6. The second-order valence-corrected chi connectivity index (χ2v) is 12.5. The van der Waals surface area contributed by atoms with Gasteiger partial charge in [-0.15, -0.1) is 11.8 Å². The third-order valence-corrected chi connectivity index (χ3v) is 8.89. The van der Waals surface area contributed by atoms with E-state index in [0.29, 0.717) is 19.3 Å². The lowest BCUT2D eigenvalue weighted by Gasteiger charge is -2.22. The zero-order chi connectivity index (χ0) is 28.5. The molecule has 0 amide bonds. The van der Waals surface area contributed by atoms with E-state index in [4.69, 9.17) is 30.9 Å². The molecular formula is C33H41ClN2O4S. The van der Waals surface area contributed by atoms with Crippen LogP contribution >= 0.6 is 23.4 Å². The zero-order valence-corrected chi connectivity index (χ0v) is 25.4. The molecule has 2 N–H and O–H groups in total. The number of nitrogens with one attached hydrogen (secondary N) is 1. The molecule has 3 aromatic rings. The largest absolute Gasteiger partial charge is 0.490 e. The molecule has 5 rings (SSSR count). The van der Waals surface area contributed by atoms with Crippen LogP contribution in [0, 0.1) is 0 Å². The Kier molecular flexibility index (Phi) is 11.0. The average molecular weight is 597 g/mol. The van der Waals surface area contributed by atoms with Crippen molar-refractivity contribution in [3.63, 3.8) is 0 Å². The summed E-state index contributed by atoms with van der Waals surface area (Å²) in [6.45, 7) is 4.36. The minimum atomic E-state index is -0.697. The number of hydrogen-bond donors (Lipinski definition) is 2. The summed E-state index contributed by atoms with van der Waals surface area (Å²) in [5.74, 6) is 2.00. The minimum Gasteiger partial charge on any atom is -0.490 e. The molecule has 1 aromatic heterocycles. The number of aromatic nitrogens is 1. The third-order valence-electron chi connectivity index (χ3n) is 7.44. The van der Waals surface area contributed by atoms with Gasteiger partial charge in [0.05, 0.1) is 24.9 Å². The Morgan fingerprint density at radius 1 is 1.07 bits per heavy atom. The number of halogens is 1. The van der Waals surface area contributed by atoms with Crippen molar-refractivity contribution in [3.05, 3.63) is 77.1 Å². The van der Waals surface area contributed by atoms with Crippen LogP contribution in [0.1, 0.15) is 63.0 Å². The van der Waals surface area contributed by atoms with Crippen molar-refractivity contribution < 1.29 is 19.3 Å². The zero-order valence-electron chi connectivity index (χ0n) is 23.8. The summed E-state index contributed by atoms with van der Waals surface area (Å²) < 4.78 is 18.0. The number of rotatable bonds is 18. The molecule has 220 valence electrons. The van der Waals surface area contributed by atoms with E-state index in [1.165, 1.54) is 11.3 Å². The first-order valence-corrected chi connectivity index (χ1v) is 16.2. The molecule has 1 heterocycles. The van der Waals surface area contributed by atoms with Crippen LogP contribution in [-0.2, 0) is 21.7 Å². The van der Waals surface area contributed by atoms with Gasteiger partial charge in [-0.25, -0.2) is 0 Å². The Balaban J connectivity index is 1.13. The molecule has 2 aliphatic carbocycles. The second-order valence-electron chi connectivity index (χ2n) is 10.9. The second kappa shape index (κ2) is 14.9. The van der Waals surface area contributed by atoms with E-state index in [9.17, 15) is 0 Å². The molecule has 2 aliphatic rings. The number of pyridine rings is 1. The van der Waals surface area contributed by atoms with Gasteiger partial charge < -0.3 is 24.6 Å². The highest BCUT2D eigenvalue weighted by atomic mass is 35.5. The van der Waals surface area contributed by atoms with E-state index < -0.39 is 6.29 Å². The average Bonchev–Trinajstić information content (AvgIpc) is 3.92. The standard InChI is InChI=1S/C33H41ClN2O4S/c1-24(37)38-19-18-35-16-5-2-6-20-41-27-11-12-31(34)25(21-27)23-39-33(14-15-33)30-22-36-17-13-28(30)29-7-3-4-8-32(29)40-26-9-10-26/h3-4,7-8,11-13,17,21-22,24,26,35,37H,2,5-6,9-10,14-16,18-20,23H2,1H3. The maximum Gasteiger partial charge on any atom is 0.151 e. The number of para-hydroxylation sites is 1. The maximum absolute atomic E-state index is 9.10. The number of nitrogens with zero attached hydrogens (tertiary/aromatic N) is 1. The highest BCUT2D eigenvalue weighted by molar-refractivity contribution is 7.99. The lowest BCUT2D eigenvalue weighted by molar-refractivity contribution is -0.0834. The summed E-state index contributed by atoms with van der Waals surface area (Å²) in [5, 5.41) is 13.2. The van der Waals surface area contributed by atoms with Crippen LogP contribution in [-0.4, -0.2) is 47.9 Å². The van der Waals surface area contributed by atoms with Crippen LogP contribution in [0.15, 0.2) is 65.8 Å². The van der Waals surface area contributed by atoms with E-state index in [0.717, 1.165) is 90.4 Å². The summed E-state index contributed by atoms with van der Waals surface area (Å²) >= 11 is 8.49. The number of aliphatic hydroxyl groups is 1. The molecule has 2 aromatic carbocycles. The summed E-state index contributed by atoms with van der Waals surface area (Å²) in [7, 11) is 0. The van der Waals surface area contributed by atoms with Crippen LogP contribution < -0.4 is 10.1 Å². The van der Waals surface area contributed by atoms with Crippen LogP contribution in [0.2, 0.25) is 5.02 Å². The Morgan fingerprint density at radius 2 is 1.93 bits per heavy atom. The van der Waals surface area contributed by atoms with Crippen molar-refractivity contribution in [1.82, 2.24) is 10.3 Å². The quantitative estimate of drug-likeness (QED) is 0.0903. The Labute approximate surface area is 253 Å². The molecule has 1 unspecified atom stereocenters. The van der Waals surface area contributed by atoms with Crippen LogP contribution in [0.3, 0.4) is 0 Å². The van der Waals surface area contributed by atoms with Gasteiger partial charge in [0, 0.05) is 40.0 Å². The normalized spacial score (nSPS) is 16.5. The fraction of sp³-hybridized carbons (Fsp3) is 0.485. The van der Waals surface area contributed by atoms with E-state index in [2.05, 4.69) is 46.7 Å². The molecule has 1 atom stereocenters. The molecule has 0 aliphatic heterocycles. The van der Waals surface area contributed by atoms with E-state index >= 15 is 0 Å². The fourth-order valence-electron chi connectivity index (χ4n) is 4.87. The highest BCUT2D eigenvalue weighted by Crippen LogP contribution is 2.53. The monoisotopic (exact) mass is 596 g/mol. The highest BCUT2D eigenvalue weighted by Gasteiger charge is 2.47. The summed E-state index contributed by atoms with van der Waals surface area (Å²) in [6.07, 6.45) is 11.1. The van der Waals surface area contributed by atoms with Crippen molar-refractivity contribution in [2.45, 2.75) is 81.4 Å². The first kappa shape index (κ1) is 30.3. The molecule has 0 saturated heterocycles. The number of benzene rings is 2. The maximum atomic E-state index is 9.10.